The molecule has 2 aliphatic rings. The second-order valence-electron chi connectivity index (χ2n) is 11.7. The van der Waals surface area contributed by atoms with Crippen LogP contribution in [-0.4, -0.2) is 64.6 Å². The average Bonchev–Trinajstić information content (AvgIpc) is 3.10. The van der Waals surface area contributed by atoms with Crippen LogP contribution in [0, 0.1) is 16.0 Å². The van der Waals surface area contributed by atoms with Crippen molar-refractivity contribution in [1.29, 1.82) is 0 Å². The number of nitro benzene ring substituents is 1. The highest BCUT2D eigenvalue weighted by molar-refractivity contribution is 6.04. The number of amides is 1. The molecule has 2 N–H and O–H groups in total. The lowest BCUT2D eigenvalue weighted by molar-refractivity contribution is -0.384. The molecule has 3 heterocycles. The van der Waals surface area contributed by atoms with Crippen molar-refractivity contribution in [2.75, 3.05) is 42.9 Å². The van der Waals surface area contributed by atoms with Gasteiger partial charge >= 0.3 is 0 Å². The van der Waals surface area contributed by atoms with Gasteiger partial charge in [-0.05, 0) is 47.5 Å². The Kier molecular flexibility index (Phi) is 9.65. The minimum absolute atomic E-state index is 0.0226. The van der Waals surface area contributed by atoms with Crippen LogP contribution in [0.15, 0.2) is 97.3 Å². The zero-order chi connectivity index (χ0) is 32.0. The van der Waals surface area contributed by atoms with E-state index in [4.69, 9.17) is 9.47 Å². The molecule has 4 atom stereocenters. The van der Waals surface area contributed by atoms with E-state index < -0.39 is 6.29 Å². The molecule has 4 unspecified atom stereocenters. The molecule has 0 radical (unpaired) electrons. The Morgan fingerprint density at radius 3 is 2.28 bits per heavy atom. The first-order valence-electron chi connectivity index (χ1n) is 15.4. The number of rotatable bonds is 9. The Morgan fingerprint density at radius 2 is 1.65 bits per heavy atom. The van der Waals surface area contributed by atoms with Gasteiger partial charge in [0, 0.05) is 80.1 Å². The number of non-ortho nitro benzene ring substituents is 1. The maximum absolute atomic E-state index is 12.6. The topological polar surface area (TPSA) is 130 Å². The number of hydrogen-bond donors (Lipinski definition) is 2. The van der Waals surface area contributed by atoms with E-state index in [2.05, 4.69) is 27.0 Å². The number of benzene rings is 3. The van der Waals surface area contributed by atoms with Crippen LogP contribution in [-0.2, 0) is 16.1 Å². The van der Waals surface area contributed by atoms with Gasteiger partial charge in [0.15, 0.2) is 6.29 Å². The van der Waals surface area contributed by atoms with Crippen LogP contribution in [0.1, 0.15) is 46.4 Å². The van der Waals surface area contributed by atoms with Crippen LogP contribution in [0.3, 0.4) is 0 Å². The van der Waals surface area contributed by atoms with Gasteiger partial charge in [0.05, 0.1) is 29.3 Å². The Balaban J connectivity index is 1.15. The molecule has 3 aromatic carbocycles. The smallest absolute Gasteiger partial charge is 0.269 e. The summed E-state index contributed by atoms with van der Waals surface area (Å²) in [5.41, 5.74) is 4.90. The first-order valence-corrected chi connectivity index (χ1v) is 15.4. The van der Waals surface area contributed by atoms with Crippen molar-refractivity contribution >= 4 is 23.0 Å². The fourth-order valence-electron chi connectivity index (χ4n) is 5.98. The van der Waals surface area contributed by atoms with Crippen LogP contribution >= 0.6 is 0 Å². The molecule has 0 bridgehead atoms. The van der Waals surface area contributed by atoms with Gasteiger partial charge in [0.2, 0.25) is 0 Å². The normalized spacial score (nSPS) is 21.9. The third-order valence-corrected chi connectivity index (χ3v) is 8.72. The van der Waals surface area contributed by atoms with Crippen molar-refractivity contribution < 1.29 is 24.3 Å². The molecule has 2 aliphatic heterocycles. The number of aliphatic hydroxyl groups excluding tert-OH is 1. The van der Waals surface area contributed by atoms with E-state index in [1.54, 1.807) is 30.5 Å². The summed E-state index contributed by atoms with van der Waals surface area (Å²) < 4.78 is 13.2. The minimum Gasteiger partial charge on any atom is -0.392 e. The first kappa shape index (κ1) is 31.3. The molecule has 0 spiro atoms. The summed E-state index contributed by atoms with van der Waals surface area (Å²) in [5, 5.41) is 23.5. The minimum atomic E-state index is -0.617. The number of anilines is 2. The highest BCUT2D eigenvalue weighted by Gasteiger charge is 2.39. The fourth-order valence-corrected chi connectivity index (χ4v) is 5.98. The molecule has 4 aromatic rings. The van der Waals surface area contributed by atoms with E-state index in [0.717, 1.165) is 55.1 Å². The number of ether oxygens (including phenoxy) is 2. The average molecular weight is 624 g/mol. The van der Waals surface area contributed by atoms with E-state index in [1.807, 2.05) is 60.7 Å². The summed E-state index contributed by atoms with van der Waals surface area (Å²) in [6.07, 6.45) is 2.17. The molecule has 2 saturated heterocycles. The molecular formula is C35H37N5O6. The van der Waals surface area contributed by atoms with Crippen LogP contribution in [0.4, 0.5) is 17.1 Å². The number of piperazine rings is 1. The van der Waals surface area contributed by atoms with Gasteiger partial charge in [-0.25, -0.2) is 0 Å². The van der Waals surface area contributed by atoms with Crippen molar-refractivity contribution in [1.82, 2.24) is 9.88 Å². The maximum atomic E-state index is 12.6. The Hall–Kier alpha value is -4.68. The van der Waals surface area contributed by atoms with E-state index in [-0.39, 0.29) is 41.3 Å². The number of aromatic nitrogens is 1. The molecule has 11 heteroatoms. The molecule has 0 saturated carbocycles. The van der Waals surface area contributed by atoms with Crippen molar-refractivity contribution in [2.45, 2.75) is 32.0 Å². The first-order chi connectivity index (χ1) is 22.4. The summed E-state index contributed by atoms with van der Waals surface area (Å²) in [7, 11) is 0. The Bertz CT molecular complexity index is 1610. The highest BCUT2D eigenvalue weighted by atomic mass is 16.7. The molecule has 1 amide bonds. The van der Waals surface area contributed by atoms with Crippen LogP contribution in [0.25, 0.3) is 0 Å². The number of pyridine rings is 1. The predicted octanol–water partition coefficient (Wildman–Crippen LogP) is 5.35. The van der Waals surface area contributed by atoms with Gasteiger partial charge in [-0.1, -0.05) is 43.3 Å². The van der Waals surface area contributed by atoms with Gasteiger partial charge in [-0.3, -0.25) is 24.8 Å². The molecule has 11 nitrogen and oxygen atoms in total. The zero-order valence-corrected chi connectivity index (χ0v) is 25.6. The van der Waals surface area contributed by atoms with E-state index in [9.17, 15) is 20.0 Å². The second-order valence-corrected chi connectivity index (χ2v) is 11.7. The van der Waals surface area contributed by atoms with Crippen LogP contribution in [0.2, 0.25) is 0 Å². The molecule has 6 rings (SSSR count). The predicted molar refractivity (Wildman–Crippen MR) is 173 cm³/mol. The van der Waals surface area contributed by atoms with Gasteiger partial charge in [0.25, 0.3) is 11.6 Å². The Labute approximate surface area is 267 Å². The summed E-state index contributed by atoms with van der Waals surface area (Å²) in [4.78, 5) is 31.9. The maximum Gasteiger partial charge on any atom is 0.269 e. The second kappa shape index (κ2) is 14.2. The quantitative estimate of drug-likeness (QED) is 0.187. The number of carbonyl (C=O) groups is 1. The summed E-state index contributed by atoms with van der Waals surface area (Å²) in [5.74, 6) is -0.193. The Morgan fingerprint density at radius 1 is 0.957 bits per heavy atom. The van der Waals surface area contributed by atoms with Crippen molar-refractivity contribution in [2.24, 2.45) is 5.92 Å². The summed E-state index contributed by atoms with van der Waals surface area (Å²) in [6.45, 7) is 6.11. The van der Waals surface area contributed by atoms with Crippen LogP contribution < -0.4 is 10.2 Å². The van der Waals surface area contributed by atoms with Crippen molar-refractivity contribution in [3.8, 4) is 0 Å². The molecular weight excluding hydrogens is 586 g/mol. The molecule has 0 aliphatic carbocycles. The lowest BCUT2D eigenvalue weighted by atomic mass is 9.90. The monoisotopic (exact) mass is 623 g/mol. The molecule has 238 valence electrons. The van der Waals surface area contributed by atoms with E-state index in [1.165, 1.54) is 6.20 Å². The van der Waals surface area contributed by atoms with Gasteiger partial charge in [0.1, 0.15) is 0 Å². The third-order valence-electron chi connectivity index (χ3n) is 8.72. The number of hydrogen-bond acceptors (Lipinski definition) is 9. The molecule has 46 heavy (non-hydrogen) atoms. The van der Waals surface area contributed by atoms with E-state index in [0.29, 0.717) is 11.3 Å². The fraction of sp³-hybridized carbons (Fsp3) is 0.314. The van der Waals surface area contributed by atoms with Gasteiger partial charge in [-0.2, -0.15) is 0 Å². The number of nitrogens with one attached hydrogen (secondary N) is 1. The lowest BCUT2D eigenvalue weighted by Crippen LogP contribution is -2.51. The van der Waals surface area contributed by atoms with Crippen LogP contribution in [0.5, 0.6) is 0 Å². The SMILES string of the molecule is CC1C(CN2CCN(c3ccc([N+](=O)[O-])cc3)CC2)OC(c2ccc(NC(=O)c3cccnc3)cc2)OC1c1ccc(CO)cc1. The molecule has 1 aromatic heterocycles. The van der Waals surface area contributed by atoms with Gasteiger partial charge < -0.3 is 24.8 Å². The molecule has 2 fully saturated rings. The number of nitrogens with zero attached hydrogens (tertiary/aromatic N) is 4. The number of nitro groups is 1. The van der Waals surface area contributed by atoms with Crippen molar-refractivity contribution in [3.63, 3.8) is 0 Å². The standard InChI is InChI=1S/C35H37N5O6/c1-24-32(22-38-17-19-39(20-18-38)30-12-14-31(15-13-30)40(43)44)45-35(46-33(24)26-6-4-25(23-41)5-7-26)27-8-10-29(11-9-27)37-34(42)28-3-2-16-36-21-28/h2-16,21,24,32-33,35,41H,17-20,22-23H2,1H3,(H,37,42). The van der Waals surface area contributed by atoms with Crippen molar-refractivity contribution in [3.05, 3.63) is 130 Å². The zero-order valence-electron chi connectivity index (χ0n) is 25.6. The van der Waals surface area contributed by atoms with Gasteiger partial charge in [-0.15, -0.1) is 0 Å². The lowest BCUT2D eigenvalue weighted by Gasteiger charge is -2.44. The number of carbonyl (C=O) groups excluding carboxylic acids is 1. The summed E-state index contributed by atoms with van der Waals surface area (Å²) >= 11 is 0. The highest BCUT2D eigenvalue weighted by Crippen LogP contribution is 2.42. The third kappa shape index (κ3) is 7.24. The number of aliphatic hydroxyl groups is 1. The largest absolute Gasteiger partial charge is 0.392 e. The summed E-state index contributed by atoms with van der Waals surface area (Å²) in [6, 6.07) is 25.5. The van der Waals surface area contributed by atoms with E-state index >= 15 is 0 Å².